The van der Waals surface area contributed by atoms with E-state index in [1.807, 2.05) is 24.3 Å². The van der Waals surface area contributed by atoms with Gasteiger partial charge in [-0.3, -0.25) is 14.4 Å². The van der Waals surface area contributed by atoms with Gasteiger partial charge in [-0.05, 0) is 18.1 Å². The van der Waals surface area contributed by atoms with Crippen LogP contribution < -0.4 is 10.6 Å². The molecule has 0 aliphatic heterocycles. The topological polar surface area (TPSA) is 118 Å². The molecule has 1 aromatic heterocycles. The fourth-order valence-corrected chi connectivity index (χ4v) is 2.85. The van der Waals surface area contributed by atoms with Gasteiger partial charge in [0.25, 0.3) is 5.91 Å². The Morgan fingerprint density at radius 2 is 1.85 bits per heavy atom. The third-order valence-corrected chi connectivity index (χ3v) is 4.31. The maximum Gasteiger partial charge on any atom is 0.305 e. The number of carboxylic acid groups (broad SMARTS) is 1. The first-order valence-corrected chi connectivity index (χ1v) is 8.57. The molecule has 0 saturated carbocycles. The van der Waals surface area contributed by atoms with Crippen molar-refractivity contribution in [2.24, 2.45) is 13.0 Å². The summed E-state index contributed by atoms with van der Waals surface area (Å²) in [6, 6.07) is 7.20. The molecular formula is C19H23N3O5. The smallest absolute Gasteiger partial charge is 0.305 e. The van der Waals surface area contributed by atoms with Crippen molar-refractivity contribution in [2.45, 2.75) is 32.4 Å². The normalized spacial score (nSPS) is 13.2. The van der Waals surface area contributed by atoms with E-state index < -0.39 is 36.3 Å². The van der Waals surface area contributed by atoms with Crippen molar-refractivity contribution in [3.8, 4) is 0 Å². The number of aliphatic carboxylic acids is 1. The molecule has 0 saturated heterocycles. The van der Waals surface area contributed by atoms with Crippen LogP contribution in [0.15, 0.2) is 30.3 Å². The van der Waals surface area contributed by atoms with Crippen LogP contribution in [0.1, 0.15) is 30.8 Å². The maximum absolute atomic E-state index is 12.7. The number of hydrogen-bond donors (Lipinski definition) is 3. The SMILES string of the molecule is CC(C)[C@H](NC(=O)c1cc2ccccc2n1C)C(=O)N[C@H](C=O)CC(=O)O. The molecule has 144 valence electrons. The third kappa shape index (κ3) is 4.72. The van der Waals surface area contributed by atoms with E-state index in [-0.39, 0.29) is 5.92 Å². The number of aryl methyl sites for hydroxylation is 1. The summed E-state index contributed by atoms with van der Waals surface area (Å²) in [7, 11) is 1.76. The van der Waals surface area contributed by atoms with Crippen LogP contribution in [-0.4, -0.2) is 45.8 Å². The Labute approximate surface area is 156 Å². The number of hydrogen-bond acceptors (Lipinski definition) is 4. The van der Waals surface area contributed by atoms with Crippen LogP contribution >= 0.6 is 0 Å². The van der Waals surface area contributed by atoms with Crippen molar-refractivity contribution in [3.63, 3.8) is 0 Å². The van der Waals surface area contributed by atoms with Gasteiger partial charge in [-0.25, -0.2) is 0 Å². The molecule has 8 nitrogen and oxygen atoms in total. The highest BCUT2D eigenvalue weighted by atomic mass is 16.4. The van der Waals surface area contributed by atoms with Crippen LogP contribution in [0.2, 0.25) is 0 Å². The van der Waals surface area contributed by atoms with Gasteiger partial charge in [-0.15, -0.1) is 0 Å². The number of fused-ring (bicyclic) bond motifs is 1. The number of carbonyl (C=O) groups is 4. The molecule has 2 amide bonds. The van der Waals surface area contributed by atoms with Gasteiger partial charge in [-0.2, -0.15) is 0 Å². The Hall–Kier alpha value is -3.16. The fraction of sp³-hybridized carbons (Fsp3) is 0.368. The number of amides is 2. The Bertz CT molecular complexity index is 871. The Morgan fingerprint density at radius 3 is 2.41 bits per heavy atom. The van der Waals surface area contributed by atoms with E-state index in [4.69, 9.17) is 5.11 Å². The molecule has 2 atom stereocenters. The van der Waals surface area contributed by atoms with E-state index in [2.05, 4.69) is 10.6 Å². The standard InChI is InChI=1S/C19H23N3O5/c1-11(2)17(19(27)20-13(10-23)9-16(24)25)21-18(26)15-8-12-6-4-5-7-14(12)22(15)3/h4-8,10-11,13,17H,9H2,1-3H3,(H,20,27)(H,21,26)(H,24,25)/t13-,17-/m0/s1. The highest BCUT2D eigenvalue weighted by Crippen LogP contribution is 2.18. The molecule has 2 rings (SSSR count). The Kier molecular flexibility index (Phi) is 6.33. The van der Waals surface area contributed by atoms with Gasteiger partial charge in [0.15, 0.2) is 0 Å². The third-order valence-electron chi connectivity index (χ3n) is 4.31. The summed E-state index contributed by atoms with van der Waals surface area (Å²) in [5.74, 6) is -2.49. The highest BCUT2D eigenvalue weighted by molar-refractivity contribution is 6.01. The minimum Gasteiger partial charge on any atom is -0.481 e. The summed E-state index contributed by atoms with van der Waals surface area (Å²) in [4.78, 5) is 46.9. The first kappa shape index (κ1) is 20.2. The van der Waals surface area contributed by atoms with Crippen LogP contribution in [-0.2, 0) is 21.4 Å². The Balaban J connectivity index is 2.18. The van der Waals surface area contributed by atoms with Crippen molar-refractivity contribution in [2.75, 3.05) is 0 Å². The van der Waals surface area contributed by atoms with Gasteiger partial charge in [0.1, 0.15) is 18.0 Å². The van der Waals surface area contributed by atoms with E-state index in [9.17, 15) is 19.2 Å². The summed E-state index contributed by atoms with van der Waals surface area (Å²) >= 11 is 0. The lowest BCUT2D eigenvalue weighted by atomic mass is 10.0. The van der Waals surface area contributed by atoms with Gasteiger partial charge in [0.05, 0.1) is 12.5 Å². The lowest BCUT2D eigenvalue weighted by molar-refractivity contribution is -0.139. The van der Waals surface area contributed by atoms with Crippen LogP contribution in [0.3, 0.4) is 0 Å². The molecule has 1 aromatic carbocycles. The van der Waals surface area contributed by atoms with Gasteiger partial charge < -0.3 is 25.1 Å². The quantitative estimate of drug-likeness (QED) is 0.599. The number of nitrogens with zero attached hydrogens (tertiary/aromatic N) is 1. The van der Waals surface area contributed by atoms with Crippen LogP contribution in [0.25, 0.3) is 10.9 Å². The summed E-state index contributed by atoms with van der Waals surface area (Å²) in [6.07, 6.45) is -0.146. The summed E-state index contributed by atoms with van der Waals surface area (Å²) in [5.41, 5.74) is 1.28. The van der Waals surface area contributed by atoms with Gasteiger partial charge in [-0.1, -0.05) is 32.0 Å². The average Bonchev–Trinajstić information content (AvgIpc) is 2.95. The van der Waals surface area contributed by atoms with Gasteiger partial charge in [0, 0.05) is 18.0 Å². The predicted octanol–water partition coefficient (Wildman–Crippen LogP) is 1.09. The molecule has 0 fully saturated rings. The van der Waals surface area contributed by atoms with Crippen LogP contribution in [0.4, 0.5) is 0 Å². The molecule has 0 unspecified atom stereocenters. The summed E-state index contributed by atoms with van der Waals surface area (Å²) in [6.45, 7) is 3.50. The van der Waals surface area contributed by atoms with Crippen LogP contribution in [0.5, 0.6) is 0 Å². The lowest BCUT2D eigenvalue weighted by Gasteiger charge is -2.23. The molecule has 8 heteroatoms. The van der Waals surface area contributed by atoms with E-state index in [0.717, 1.165) is 10.9 Å². The zero-order valence-corrected chi connectivity index (χ0v) is 15.4. The first-order chi connectivity index (χ1) is 12.7. The summed E-state index contributed by atoms with van der Waals surface area (Å²) in [5, 5.41) is 14.7. The molecule has 1 heterocycles. The predicted molar refractivity (Wildman–Crippen MR) is 99.3 cm³/mol. The maximum atomic E-state index is 12.7. The van der Waals surface area contributed by atoms with Crippen molar-refractivity contribution < 1.29 is 24.3 Å². The first-order valence-electron chi connectivity index (χ1n) is 8.57. The molecule has 27 heavy (non-hydrogen) atoms. The molecular weight excluding hydrogens is 350 g/mol. The van der Waals surface area contributed by atoms with Crippen molar-refractivity contribution >= 4 is 35.0 Å². The van der Waals surface area contributed by atoms with Crippen LogP contribution in [0, 0.1) is 5.92 Å². The second kappa shape index (κ2) is 8.48. The van der Waals surface area contributed by atoms with Crippen molar-refractivity contribution in [3.05, 3.63) is 36.0 Å². The molecule has 3 N–H and O–H groups in total. The Morgan fingerprint density at radius 1 is 1.19 bits per heavy atom. The number of carboxylic acids is 1. The largest absolute Gasteiger partial charge is 0.481 e. The van der Waals surface area contributed by atoms with E-state index in [0.29, 0.717) is 12.0 Å². The van der Waals surface area contributed by atoms with E-state index in [1.54, 1.807) is 31.5 Å². The molecule has 0 radical (unpaired) electrons. The molecule has 0 aliphatic carbocycles. The monoisotopic (exact) mass is 373 g/mol. The average molecular weight is 373 g/mol. The van der Waals surface area contributed by atoms with E-state index in [1.165, 1.54) is 0 Å². The zero-order valence-electron chi connectivity index (χ0n) is 15.4. The van der Waals surface area contributed by atoms with Gasteiger partial charge in [0.2, 0.25) is 5.91 Å². The minimum absolute atomic E-state index is 0.263. The summed E-state index contributed by atoms with van der Waals surface area (Å²) < 4.78 is 1.73. The number of nitrogens with one attached hydrogen (secondary N) is 2. The number of aldehydes is 1. The molecule has 2 aromatic rings. The number of rotatable bonds is 8. The number of para-hydroxylation sites is 1. The number of benzene rings is 1. The van der Waals surface area contributed by atoms with Gasteiger partial charge >= 0.3 is 5.97 Å². The lowest BCUT2D eigenvalue weighted by Crippen LogP contribution is -2.53. The zero-order chi connectivity index (χ0) is 20.1. The number of carbonyl (C=O) groups excluding carboxylic acids is 3. The molecule has 0 spiro atoms. The van der Waals surface area contributed by atoms with E-state index >= 15 is 0 Å². The second-order valence-electron chi connectivity index (χ2n) is 6.69. The van der Waals surface area contributed by atoms with Crippen molar-refractivity contribution in [1.82, 2.24) is 15.2 Å². The minimum atomic E-state index is -1.20. The highest BCUT2D eigenvalue weighted by Gasteiger charge is 2.28. The molecule has 0 bridgehead atoms. The van der Waals surface area contributed by atoms with Crippen molar-refractivity contribution in [1.29, 1.82) is 0 Å². The fourth-order valence-electron chi connectivity index (χ4n) is 2.85. The number of aromatic nitrogens is 1. The second-order valence-corrected chi connectivity index (χ2v) is 6.69. The molecule has 0 aliphatic rings.